The monoisotopic (exact) mass is 297 g/mol. The largest absolute Gasteiger partial charge is 0.383 e. The average Bonchev–Trinajstić information content (AvgIpc) is 2.54. The van der Waals surface area contributed by atoms with E-state index in [-0.39, 0.29) is 5.91 Å². The van der Waals surface area contributed by atoms with Gasteiger partial charge in [-0.05, 0) is 42.8 Å². The van der Waals surface area contributed by atoms with Gasteiger partial charge in [0.05, 0.1) is 11.4 Å². The van der Waals surface area contributed by atoms with Crippen molar-refractivity contribution in [3.63, 3.8) is 0 Å². The number of hydrogen-bond donors (Lipinski definition) is 3. The Bertz CT molecular complexity index is 666. The second kappa shape index (κ2) is 7.26. The molecule has 4 N–H and O–H groups in total. The molecule has 2 rings (SSSR count). The van der Waals surface area contributed by atoms with Gasteiger partial charge in [0.15, 0.2) is 0 Å². The van der Waals surface area contributed by atoms with Gasteiger partial charge < -0.3 is 16.4 Å². The lowest BCUT2D eigenvalue weighted by molar-refractivity contribution is 0.0995. The van der Waals surface area contributed by atoms with Gasteiger partial charge in [0, 0.05) is 17.7 Å². The molecule has 2 amide bonds. The third-order valence-electron chi connectivity index (χ3n) is 3.17. The Morgan fingerprint density at radius 1 is 0.955 bits per heavy atom. The van der Waals surface area contributed by atoms with E-state index in [1.54, 1.807) is 24.3 Å². The van der Waals surface area contributed by atoms with Crippen molar-refractivity contribution < 1.29 is 9.59 Å². The number of para-hydroxylation sites is 2. The number of hydrogen-bond acceptors (Lipinski definition) is 3. The Hall–Kier alpha value is -2.82. The molecule has 0 fully saturated rings. The van der Waals surface area contributed by atoms with Gasteiger partial charge in [-0.2, -0.15) is 0 Å². The first-order valence-corrected chi connectivity index (χ1v) is 7.16. The van der Waals surface area contributed by atoms with E-state index >= 15 is 0 Å². The van der Waals surface area contributed by atoms with Crippen molar-refractivity contribution in [2.75, 3.05) is 17.2 Å². The number of carbonyl (C=O) groups excluding carboxylic acids is 2. The minimum Gasteiger partial charge on any atom is -0.383 e. The minimum atomic E-state index is -0.513. The van der Waals surface area contributed by atoms with Crippen LogP contribution in [0, 0.1) is 0 Å². The predicted octanol–water partition coefficient (Wildman–Crippen LogP) is 2.86. The smallest absolute Gasteiger partial charge is 0.255 e. The molecule has 0 aliphatic rings. The lowest BCUT2D eigenvalue weighted by atomic mass is 10.1. The number of primary amides is 1. The molecule has 5 heteroatoms. The Kier molecular flexibility index (Phi) is 5.14. The normalized spacial score (nSPS) is 10.0. The van der Waals surface area contributed by atoms with E-state index in [1.165, 1.54) is 0 Å². The Morgan fingerprint density at radius 3 is 2.14 bits per heavy atom. The molecule has 22 heavy (non-hydrogen) atoms. The van der Waals surface area contributed by atoms with Gasteiger partial charge in [-0.15, -0.1) is 0 Å². The third-order valence-corrected chi connectivity index (χ3v) is 3.17. The highest BCUT2D eigenvalue weighted by Crippen LogP contribution is 2.21. The van der Waals surface area contributed by atoms with Crippen LogP contribution in [0.15, 0.2) is 48.5 Å². The fourth-order valence-corrected chi connectivity index (χ4v) is 1.99. The molecule has 0 aliphatic carbocycles. The molecular formula is C17H19N3O2. The summed E-state index contributed by atoms with van der Waals surface area (Å²) in [5.41, 5.74) is 7.63. The Balaban J connectivity index is 2.13. The third kappa shape index (κ3) is 3.85. The van der Waals surface area contributed by atoms with Crippen molar-refractivity contribution >= 4 is 23.2 Å². The molecule has 0 heterocycles. The molecule has 2 aromatic rings. The molecule has 114 valence electrons. The van der Waals surface area contributed by atoms with Crippen LogP contribution in [0.2, 0.25) is 0 Å². The van der Waals surface area contributed by atoms with Crippen molar-refractivity contribution in [3.8, 4) is 0 Å². The first-order valence-electron chi connectivity index (χ1n) is 7.16. The molecule has 0 unspecified atom stereocenters. The molecule has 0 spiro atoms. The summed E-state index contributed by atoms with van der Waals surface area (Å²) in [6, 6.07) is 13.8. The van der Waals surface area contributed by atoms with Gasteiger partial charge >= 0.3 is 0 Å². The van der Waals surface area contributed by atoms with Crippen LogP contribution in [-0.2, 0) is 0 Å². The zero-order chi connectivity index (χ0) is 15.9. The van der Waals surface area contributed by atoms with E-state index in [2.05, 4.69) is 17.6 Å². The summed E-state index contributed by atoms with van der Waals surface area (Å²) in [6.45, 7) is 2.91. The minimum absolute atomic E-state index is 0.234. The van der Waals surface area contributed by atoms with Gasteiger partial charge in [0.1, 0.15) is 0 Å². The van der Waals surface area contributed by atoms with Crippen molar-refractivity contribution in [3.05, 3.63) is 59.7 Å². The maximum Gasteiger partial charge on any atom is 0.255 e. The summed E-state index contributed by atoms with van der Waals surface area (Å²) in [4.78, 5) is 23.3. The second-order valence-electron chi connectivity index (χ2n) is 4.87. The van der Waals surface area contributed by atoms with E-state index in [0.717, 1.165) is 24.3 Å². The number of rotatable bonds is 6. The topological polar surface area (TPSA) is 84.2 Å². The fourth-order valence-electron chi connectivity index (χ4n) is 1.99. The van der Waals surface area contributed by atoms with E-state index in [4.69, 9.17) is 5.73 Å². The molecule has 0 bridgehead atoms. The molecule has 0 atom stereocenters. The summed E-state index contributed by atoms with van der Waals surface area (Å²) < 4.78 is 0. The average molecular weight is 297 g/mol. The fraction of sp³-hybridized carbons (Fsp3) is 0.176. The van der Waals surface area contributed by atoms with Crippen LogP contribution >= 0.6 is 0 Å². The van der Waals surface area contributed by atoms with Crippen molar-refractivity contribution in [1.82, 2.24) is 0 Å². The van der Waals surface area contributed by atoms with Gasteiger partial charge in [-0.1, -0.05) is 19.1 Å². The second-order valence-corrected chi connectivity index (χ2v) is 4.87. The molecule has 0 aliphatic heterocycles. The molecule has 0 aromatic heterocycles. The van der Waals surface area contributed by atoms with Gasteiger partial charge in [-0.25, -0.2) is 0 Å². The lowest BCUT2D eigenvalue weighted by Gasteiger charge is -2.12. The highest BCUT2D eigenvalue weighted by atomic mass is 16.2. The van der Waals surface area contributed by atoms with Crippen LogP contribution in [0.1, 0.15) is 34.1 Å². The zero-order valence-electron chi connectivity index (χ0n) is 12.4. The number of anilines is 2. The van der Waals surface area contributed by atoms with Crippen molar-refractivity contribution in [1.29, 1.82) is 0 Å². The lowest BCUT2D eigenvalue weighted by Crippen LogP contribution is -2.15. The molecule has 0 radical (unpaired) electrons. The molecule has 0 saturated heterocycles. The SMILES string of the molecule is CCCNc1ccccc1NC(=O)c1ccc(C(N)=O)cc1. The highest BCUT2D eigenvalue weighted by molar-refractivity contribution is 6.06. The highest BCUT2D eigenvalue weighted by Gasteiger charge is 2.09. The van der Waals surface area contributed by atoms with Crippen LogP contribution in [0.4, 0.5) is 11.4 Å². The molecule has 0 saturated carbocycles. The summed E-state index contributed by atoms with van der Waals surface area (Å²) in [5.74, 6) is -0.747. The summed E-state index contributed by atoms with van der Waals surface area (Å²) >= 11 is 0. The quantitative estimate of drug-likeness (QED) is 0.766. The number of nitrogens with one attached hydrogen (secondary N) is 2. The number of benzene rings is 2. The van der Waals surface area contributed by atoms with Gasteiger partial charge in [0.25, 0.3) is 5.91 Å². The van der Waals surface area contributed by atoms with E-state index < -0.39 is 5.91 Å². The summed E-state index contributed by atoms with van der Waals surface area (Å²) in [7, 11) is 0. The number of carbonyl (C=O) groups is 2. The van der Waals surface area contributed by atoms with E-state index in [0.29, 0.717) is 11.1 Å². The first-order chi connectivity index (χ1) is 10.6. The maximum atomic E-state index is 12.3. The van der Waals surface area contributed by atoms with Crippen molar-refractivity contribution in [2.45, 2.75) is 13.3 Å². The number of nitrogens with two attached hydrogens (primary N) is 1. The van der Waals surface area contributed by atoms with E-state index in [9.17, 15) is 9.59 Å². The zero-order valence-corrected chi connectivity index (χ0v) is 12.4. The Labute approximate surface area is 129 Å². The van der Waals surface area contributed by atoms with Crippen LogP contribution in [0.5, 0.6) is 0 Å². The van der Waals surface area contributed by atoms with Crippen LogP contribution in [0.25, 0.3) is 0 Å². The van der Waals surface area contributed by atoms with E-state index in [1.807, 2.05) is 24.3 Å². The van der Waals surface area contributed by atoms with Crippen molar-refractivity contribution in [2.24, 2.45) is 5.73 Å². The van der Waals surface area contributed by atoms with Crippen LogP contribution < -0.4 is 16.4 Å². The first kappa shape index (κ1) is 15.6. The molecular weight excluding hydrogens is 278 g/mol. The number of amides is 2. The molecule has 5 nitrogen and oxygen atoms in total. The van der Waals surface area contributed by atoms with Gasteiger partial charge in [0.2, 0.25) is 5.91 Å². The van der Waals surface area contributed by atoms with Crippen LogP contribution in [-0.4, -0.2) is 18.4 Å². The van der Waals surface area contributed by atoms with Gasteiger partial charge in [-0.3, -0.25) is 9.59 Å². The maximum absolute atomic E-state index is 12.3. The summed E-state index contributed by atoms with van der Waals surface area (Å²) in [6.07, 6.45) is 0.997. The van der Waals surface area contributed by atoms with Crippen LogP contribution in [0.3, 0.4) is 0 Å². The standard InChI is InChI=1S/C17H19N3O2/c1-2-11-19-14-5-3-4-6-15(14)20-17(22)13-9-7-12(8-10-13)16(18)21/h3-10,19H,2,11H2,1H3,(H2,18,21)(H,20,22). The Morgan fingerprint density at radius 2 is 1.55 bits per heavy atom. The predicted molar refractivity (Wildman–Crippen MR) is 88.1 cm³/mol. The summed E-state index contributed by atoms with van der Waals surface area (Å²) in [5, 5.41) is 6.13. The molecule has 2 aromatic carbocycles.